The Morgan fingerprint density at radius 3 is 2.20 bits per heavy atom. The van der Waals surface area contributed by atoms with Gasteiger partial charge in [-0.2, -0.15) is 0 Å². The summed E-state index contributed by atoms with van der Waals surface area (Å²) in [5, 5.41) is 0. The summed E-state index contributed by atoms with van der Waals surface area (Å²) >= 11 is 0. The summed E-state index contributed by atoms with van der Waals surface area (Å²) in [5.74, 6) is 0. The number of hydrogen-bond donors (Lipinski definition) is 0. The van der Waals surface area contributed by atoms with Crippen LogP contribution in [-0.4, -0.2) is 4.98 Å². The SMILES string of the molecule is [2H]C([2H])([2H])c1ccc(-c2cccc(-c3ccc(C([2H])([2H])[2H])cn3)c2)cc1. The van der Waals surface area contributed by atoms with E-state index in [0.717, 1.165) is 16.7 Å². The van der Waals surface area contributed by atoms with Gasteiger partial charge in [-0.05, 0) is 42.5 Å². The van der Waals surface area contributed by atoms with Gasteiger partial charge in [-0.15, -0.1) is 0 Å². The van der Waals surface area contributed by atoms with Crippen molar-refractivity contribution in [1.29, 1.82) is 0 Å². The Kier molecular flexibility index (Phi) is 1.96. The smallest absolute Gasteiger partial charge is 0.0702 e. The molecule has 0 saturated carbocycles. The van der Waals surface area contributed by atoms with E-state index >= 15 is 0 Å². The standard InChI is InChI=1S/C19H17N/c1-14-6-9-16(10-7-14)17-4-3-5-18(12-17)19-11-8-15(2)13-20-19/h3-13H,1-2H3/i1D3,2D3. The van der Waals surface area contributed by atoms with Crippen LogP contribution in [0.3, 0.4) is 0 Å². The Morgan fingerprint density at radius 2 is 1.50 bits per heavy atom. The highest BCUT2D eigenvalue weighted by molar-refractivity contribution is 5.71. The summed E-state index contributed by atoms with van der Waals surface area (Å²) in [6.07, 6.45) is 1.38. The fourth-order valence-electron chi connectivity index (χ4n) is 2.09. The molecular formula is C19H17N. The minimum atomic E-state index is -2.17. The highest BCUT2D eigenvalue weighted by atomic mass is 14.7. The molecule has 1 nitrogen and oxygen atoms in total. The molecule has 0 aliphatic rings. The summed E-state index contributed by atoms with van der Waals surface area (Å²) in [4.78, 5) is 4.26. The first-order valence-electron chi connectivity index (χ1n) is 9.32. The van der Waals surface area contributed by atoms with Gasteiger partial charge in [0, 0.05) is 20.0 Å². The molecule has 0 fully saturated rings. The Balaban J connectivity index is 1.91. The van der Waals surface area contributed by atoms with E-state index in [0.29, 0.717) is 11.3 Å². The van der Waals surface area contributed by atoms with Crippen molar-refractivity contribution in [3.63, 3.8) is 0 Å². The van der Waals surface area contributed by atoms with Crippen molar-refractivity contribution in [1.82, 2.24) is 4.98 Å². The molecule has 1 heteroatoms. The molecule has 2 aromatic carbocycles. The van der Waals surface area contributed by atoms with Crippen molar-refractivity contribution in [3.8, 4) is 22.4 Å². The van der Waals surface area contributed by atoms with E-state index in [2.05, 4.69) is 4.98 Å². The number of aromatic nitrogens is 1. The Morgan fingerprint density at radius 1 is 0.750 bits per heavy atom. The van der Waals surface area contributed by atoms with Gasteiger partial charge in [0.15, 0.2) is 0 Å². The van der Waals surface area contributed by atoms with Gasteiger partial charge in [-0.25, -0.2) is 0 Å². The van der Waals surface area contributed by atoms with Crippen LogP contribution in [0.1, 0.15) is 19.4 Å². The summed E-state index contributed by atoms with van der Waals surface area (Å²) in [6, 6.07) is 17.7. The zero-order chi connectivity index (χ0) is 18.9. The molecule has 0 spiro atoms. The lowest BCUT2D eigenvalue weighted by Gasteiger charge is -2.06. The van der Waals surface area contributed by atoms with Crippen LogP contribution >= 0.6 is 0 Å². The van der Waals surface area contributed by atoms with Gasteiger partial charge in [0.05, 0.1) is 5.69 Å². The van der Waals surface area contributed by atoms with E-state index in [1.54, 1.807) is 36.4 Å². The number of rotatable bonds is 2. The summed E-state index contributed by atoms with van der Waals surface area (Å²) in [5.41, 5.74) is 3.88. The van der Waals surface area contributed by atoms with E-state index in [9.17, 15) is 0 Å². The molecule has 1 aromatic heterocycles. The lowest BCUT2D eigenvalue weighted by molar-refractivity contribution is 1.27. The third-order valence-electron chi connectivity index (χ3n) is 3.14. The molecule has 0 radical (unpaired) electrons. The first-order valence-corrected chi connectivity index (χ1v) is 6.32. The van der Waals surface area contributed by atoms with E-state index in [1.165, 1.54) is 6.20 Å². The zero-order valence-corrected chi connectivity index (χ0v) is 10.8. The molecule has 1 heterocycles. The van der Waals surface area contributed by atoms with Crippen LogP contribution in [0.5, 0.6) is 0 Å². The van der Waals surface area contributed by atoms with Crippen LogP contribution < -0.4 is 0 Å². The quantitative estimate of drug-likeness (QED) is 0.633. The maximum atomic E-state index is 7.44. The maximum absolute atomic E-state index is 7.44. The number of pyridine rings is 1. The molecular weight excluding hydrogens is 242 g/mol. The van der Waals surface area contributed by atoms with Crippen LogP contribution in [0.4, 0.5) is 0 Å². The average molecular weight is 265 g/mol. The van der Waals surface area contributed by atoms with Gasteiger partial charge in [-0.3, -0.25) is 4.98 Å². The highest BCUT2D eigenvalue weighted by Crippen LogP contribution is 2.25. The van der Waals surface area contributed by atoms with Gasteiger partial charge < -0.3 is 0 Å². The van der Waals surface area contributed by atoms with Gasteiger partial charge in [0.2, 0.25) is 0 Å². The number of aryl methyl sites for hydroxylation is 2. The van der Waals surface area contributed by atoms with E-state index in [-0.39, 0.29) is 5.56 Å². The van der Waals surface area contributed by atoms with Crippen molar-refractivity contribution >= 4 is 0 Å². The average Bonchev–Trinajstić information content (AvgIpc) is 2.61. The van der Waals surface area contributed by atoms with Crippen LogP contribution in [-0.2, 0) is 0 Å². The number of benzene rings is 2. The van der Waals surface area contributed by atoms with Gasteiger partial charge in [-0.1, -0.05) is 54.1 Å². The summed E-state index contributed by atoms with van der Waals surface area (Å²) in [6.45, 7) is -4.29. The molecule has 3 aromatic rings. The number of nitrogens with zero attached hydrogens (tertiary/aromatic N) is 1. The fraction of sp³-hybridized carbons (Fsp3) is 0.105. The normalized spacial score (nSPS) is 16.2. The molecule has 0 aliphatic heterocycles. The van der Waals surface area contributed by atoms with Crippen LogP contribution in [0.2, 0.25) is 0 Å². The largest absolute Gasteiger partial charge is 0.256 e. The lowest BCUT2D eigenvalue weighted by Crippen LogP contribution is -1.85. The second kappa shape index (κ2) is 5.30. The lowest BCUT2D eigenvalue weighted by atomic mass is 10.0. The monoisotopic (exact) mass is 265 g/mol. The third-order valence-corrected chi connectivity index (χ3v) is 3.14. The van der Waals surface area contributed by atoms with Crippen molar-refractivity contribution < 1.29 is 8.22 Å². The first kappa shape index (κ1) is 7.39. The zero-order valence-electron chi connectivity index (χ0n) is 16.8. The van der Waals surface area contributed by atoms with E-state index in [1.807, 2.05) is 24.3 Å². The molecule has 0 amide bonds. The fourth-order valence-corrected chi connectivity index (χ4v) is 2.09. The van der Waals surface area contributed by atoms with Crippen molar-refractivity contribution in [2.45, 2.75) is 13.7 Å². The first-order chi connectivity index (χ1) is 12.1. The molecule has 0 atom stereocenters. The van der Waals surface area contributed by atoms with Crippen LogP contribution in [0, 0.1) is 13.7 Å². The molecule has 3 rings (SSSR count). The summed E-state index contributed by atoms with van der Waals surface area (Å²) in [7, 11) is 0. The number of hydrogen-bond acceptors (Lipinski definition) is 1. The molecule has 98 valence electrons. The molecule has 0 N–H and O–H groups in total. The van der Waals surface area contributed by atoms with Gasteiger partial charge >= 0.3 is 0 Å². The van der Waals surface area contributed by atoms with Crippen molar-refractivity contribution in [2.75, 3.05) is 0 Å². The molecule has 0 saturated heterocycles. The topological polar surface area (TPSA) is 12.9 Å². The van der Waals surface area contributed by atoms with Gasteiger partial charge in [0.25, 0.3) is 0 Å². The summed E-state index contributed by atoms with van der Waals surface area (Å²) < 4.78 is 44.5. The Hall–Kier alpha value is -2.41. The highest BCUT2D eigenvalue weighted by Gasteiger charge is 2.02. The van der Waals surface area contributed by atoms with Crippen molar-refractivity contribution in [2.24, 2.45) is 0 Å². The van der Waals surface area contributed by atoms with Crippen LogP contribution in [0.15, 0.2) is 66.9 Å². The Labute approximate surface area is 128 Å². The predicted molar refractivity (Wildman–Crippen MR) is 84.6 cm³/mol. The Bertz CT molecular complexity index is 820. The van der Waals surface area contributed by atoms with Gasteiger partial charge in [0.1, 0.15) is 0 Å². The third kappa shape index (κ3) is 2.62. The maximum Gasteiger partial charge on any atom is 0.0702 e. The minimum Gasteiger partial charge on any atom is -0.256 e. The molecule has 0 bridgehead atoms. The molecule has 0 unspecified atom stereocenters. The second-order valence-corrected chi connectivity index (χ2v) is 4.59. The van der Waals surface area contributed by atoms with Crippen LogP contribution in [0.25, 0.3) is 22.4 Å². The second-order valence-electron chi connectivity index (χ2n) is 4.59. The predicted octanol–water partition coefficient (Wildman–Crippen LogP) is 5.03. The van der Waals surface area contributed by atoms with Crippen molar-refractivity contribution in [3.05, 3.63) is 78.0 Å². The molecule has 20 heavy (non-hydrogen) atoms. The van der Waals surface area contributed by atoms with E-state index < -0.39 is 13.7 Å². The van der Waals surface area contributed by atoms with E-state index in [4.69, 9.17) is 8.22 Å². The minimum absolute atomic E-state index is 0.206. The molecule has 0 aliphatic carbocycles.